The van der Waals surface area contributed by atoms with Gasteiger partial charge in [-0.1, -0.05) is 0 Å². The van der Waals surface area contributed by atoms with Gasteiger partial charge in [0.15, 0.2) is 0 Å². The number of rotatable bonds is 6. The molecule has 16 heavy (non-hydrogen) atoms. The predicted molar refractivity (Wildman–Crippen MR) is 64.6 cm³/mol. The molecule has 1 aliphatic heterocycles. The molecule has 0 aliphatic carbocycles. The van der Waals surface area contributed by atoms with Crippen LogP contribution in [0.3, 0.4) is 0 Å². The Balaban J connectivity index is 2.03. The van der Waals surface area contributed by atoms with Crippen LogP contribution in [0.5, 0.6) is 0 Å². The summed E-state index contributed by atoms with van der Waals surface area (Å²) in [6.45, 7) is 4.38. The van der Waals surface area contributed by atoms with Crippen molar-refractivity contribution in [3.8, 4) is 0 Å². The van der Waals surface area contributed by atoms with E-state index in [0.29, 0.717) is 18.5 Å². The first kappa shape index (κ1) is 13.5. The molecule has 1 heterocycles. The van der Waals surface area contributed by atoms with Gasteiger partial charge in [0.05, 0.1) is 0 Å². The second-order valence-electron chi connectivity index (χ2n) is 4.86. The Bertz CT molecular complexity index is 221. The van der Waals surface area contributed by atoms with Gasteiger partial charge in [-0.05, 0) is 52.7 Å². The van der Waals surface area contributed by atoms with Gasteiger partial charge >= 0.3 is 5.97 Å². The maximum Gasteiger partial charge on any atom is 0.303 e. The minimum Gasteiger partial charge on any atom is -0.481 e. The van der Waals surface area contributed by atoms with E-state index in [1.807, 2.05) is 0 Å². The smallest absolute Gasteiger partial charge is 0.303 e. The topological polar surface area (TPSA) is 52.6 Å². The van der Waals surface area contributed by atoms with Crippen LogP contribution >= 0.6 is 0 Å². The van der Waals surface area contributed by atoms with E-state index in [1.165, 1.54) is 12.8 Å². The minimum absolute atomic E-state index is 0.297. The number of nitrogens with zero attached hydrogens (tertiary/aromatic N) is 1. The summed E-state index contributed by atoms with van der Waals surface area (Å²) in [6.07, 6.45) is 4.46. The first-order valence-corrected chi connectivity index (χ1v) is 6.25. The molecule has 0 aromatic carbocycles. The van der Waals surface area contributed by atoms with Gasteiger partial charge in [-0.3, -0.25) is 4.79 Å². The molecule has 2 unspecified atom stereocenters. The Hall–Kier alpha value is -0.610. The van der Waals surface area contributed by atoms with Crippen LogP contribution in [-0.4, -0.2) is 48.2 Å². The fourth-order valence-corrected chi connectivity index (χ4v) is 2.18. The molecule has 0 bridgehead atoms. The lowest BCUT2D eigenvalue weighted by Gasteiger charge is -2.35. The summed E-state index contributed by atoms with van der Waals surface area (Å²) in [5, 5.41) is 12.0. The summed E-state index contributed by atoms with van der Waals surface area (Å²) >= 11 is 0. The lowest BCUT2D eigenvalue weighted by Crippen LogP contribution is -2.45. The molecule has 0 aromatic rings. The molecule has 2 atom stereocenters. The Morgan fingerprint density at radius 2 is 2.25 bits per heavy atom. The van der Waals surface area contributed by atoms with Gasteiger partial charge in [0, 0.05) is 18.5 Å². The van der Waals surface area contributed by atoms with E-state index in [1.54, 1.807) is 0 Å². The third kappa shape index (κ3) is 4.94. The van der Waals surface area contributed by atoms with E-state index in [9.17, 15) is 4.79 Å². The van der Waals surface area contributed by atoms with E-state index in [2.05, 4.69) is 24.2 Å². The molecule has 1 saturated heterocycles. The first-order chi connectivity index (χ1) is 7.59. The normalized spacial score (nSPS) is 26.9. The molecule has 0 aromatic heterocycles. The summed E-state index contributed by atoms with van der Waals surface area (Å²) in [6, 6.07) is 1.28. The number of carboxylic acids is 1. The molecule has 94 valence electrons. The van der Waals surface area contributed by atoms with Crippen molar-refractivity contribution in [2.24, 2.45) is 0 Å². The summed E-state index contributed by atoms with van der Waals surface area (Å²) in [7, 11) is 2.17. The standard InChI is InChI=1S/C12H24N2O2/c1-10-9-11(6-8-14(10)2)13-7-4-3-5-12(15)16/h10-11,13H,3-9H2,1-2H3,(H,15,16). The predicted octanol–water partition coefficient (Wildman–Crippen LogP) is 1.31. The van der Waals surface area contributed by atoms with Gasteiger partial charge in [0.2, 0.25) is 0 Å². The molecule has 0 radical (unpaired) electrons. The largest absolute Gasteiger partial charge is 0.481 e. The molecule has 0 amide bonds. The zero-order chi connectivity index (χ0) is 12.0. The van der Waals surface area contributed by atoms with E-state index in [4.69, 9.17) is 5.11 Å². The molecular weight excluding hydrogens is 204 g/mol. The van der Waals surface area contributed by atoms with Crippen LogP contribution in [0.4, 0.5) is 0 Å². The van der Waals surface area contributed by atoms with Gasteiger partial charge in [0.25, 0.3) is 0 Å². The number of aliphatic carboxylic acids is 1. The van der Waals surface area contributed by atoms with Crippen molar-refractivity contribution in [2.45, 2.75) is 51.1 Å². The fraction of sp³-hybridized carbons (Fsp3) is 0.917. The lowest BCUT2D eigenvalue weighted by molar-refractivity contribution is -0.137. The van der Waals surface area contributed by atoms with E-state index in [-0.39, 0.29) is 0 Å². The fourth-order valence-electron chi connectivity index (χ4n) is 2.18. The van der Waals surface area contributed by atoms with Crippen molar-refractivity contribution >= 4 is 5.97 Å². The molecular formula is C12H24N2O2. The van der Waals surface area contributed by atoms with Crippen LogP contribution in [0, 0.1) is 0 Å². The van der Waals surface area contributed by atoms with E-state index >= 15 is 0 Å². The van der Waals surface area contributed by atoms with Crippen molar-refractivity contribution < 1.29 is 9.90 Å². The number of unbranched alkanes of at least 4 members (excludes halogenated alkanes) is 1. The molecule has 2 N–H and O–H groups in total. The summed E-state index contributed by atoms with van der Waals surface area (Å²) in [5.41, 5.74) is 0. The maximum absolute atomic E-state index is 10.3. The number of piperidine rings is 1. The highest BCUT2D eigenvalue weighted by Crippen LogP contribution is 2.15. The van der Waals surface area contributed by atoms with Crippen molar-refractivity contribution in [1.29, 1.82) is 0 Å². The second kappa shape index (κ2) is 6.86. The van der Waals surface area contributed by atoms with E-state index in [0.717, 1.165) is 25.9 Å². The third-order valence-corrected chi connectivity index (χ3v) is 3.46. The Kier molecular flexibility index (Phi) is 5.77. The molecule has 0 spiro atoms. The average molecular weight is 228 g/mol. The summed E-state index contributed by atoms with van der Waals surface area (Å²) < 4.78 is 0. The number of carboxylic acid groups (broad SMARTS) is 1. The molecule has 4 nitrogen and oxygen atoms in total. The molecule has 0 saturated carbocycles. The zero-order valence-corrected chi connectivity index (χ0v) is 10.4. The quantitative estimate of drug-likeness (QED) is 0.673. The SMILES string of the molecule is CC1CC(NCCCCC(=O)O)CCN1C. The van der Waals surface area contributed by atoms with Crippen molar-refractivity contribution in [3.63, 3.8) is 0 Å². The second-order valence-corrected chi connectivity index (χ2v) is 4.86. The Morgan fingerprint density at radius 1 is 1.50 bits per heavy atom. The van der Waals surface area contributed by atoms with Crippen LogP contribution in [0.25, 0.3) is 0 Å². The average Bonchev–Trinajstić information content (AvgIpc) is 2.22. The van der Waals surface area contributed by atoms with Crippen LogP contribution in [0.15, 0.2) is 0 Å². The van der Waals surface area contributed by atoms with Gasteiger partial charge in [-0.15, -0.1) is 0 Å². The molecule has 1 fully saturated rings. The molecule has 4 heteroatoms. The van der Waals surface area contributed by atoms with Crippen molar-refractivity contribution in [1.82, 2.24) is 10.2 Å². The third-order valence-electron chi connectivity index (χ3n) is 3.46. The van der Waals surface area contributed by atoms with Gasteiger partial charge < -0.3 is 15.3 Å². The highest BCUT2D eigenvalue weighted by atomic mass is 16.4. The molecule has 1 rings (SSSR count). The minimum atomic E-state index is -0.687. The Morgan fingerprint density at radius 3 is 2.88 bits per heavy atom. The number of hydrogen-bond donors (Lipinski definition) is 2. The zero-order valence-electron chi connectivity index (χ0n) is 10.4. The van der Waals surface area contributed by atoms with Crippen LogP contribution in [-0.2, 0) is 4.79 Å². The number of carbonyl (C=O) groups is 1. The number of hydrogen-bond acceptors (Lipinski definition) is 3. The van der Waals surface area contributed by atoms with Gasteiger partial charge in [-0.2, -0.15) is 0 Å². The highest BCUT2D eigenvalue weighted by molar-refractivity contribution is 5.66. The van der Waals surface area contributed by atoms with Gasteiger partial charge in [-0.25, -0.2) is 0 Å². The maximum atomic E-state index is 10.3. The van der Waals surface area contributed by atoms with Crippen molar-refractivity contribution in [2.75, 3.05) is 20.1 Å². The lowest BCUT2D eigenvalue weighted by atomic mass is 9.99. The highest BCUT2D eigenvalue weighted by Gasteiger charge is 2.21. The first-order valence-electron chi connectivity index (χ1n) is 6.25. The summed E-state index contributed by atoms with van der Waals surface area (Å²) in [4.78, 5) is 12.7. The number of nitrogens with one attached hydrogen (secondary N) is 1. The summed E-state index contributed by atoms with van der Waals surface area (Å²) in [5.74, 6) is -0.687. The van der Waals surface area contributed by atoms with Crippen LogP contribution < -0.4 is 5.32 Å². The van der Waals surface area contributed by atoms with Crippen LogP contribution in [0.2, 0.25) is 0 Å². The monoisotopic (exact) mass is 228 g/mol. The molecule has 1 aliphatic rings. The van der Waals surface area contributed by atoms with Crippen LogP contribution in [0.1, 0.15) is 39.0 Å². The number of likely N-dealkylation sites (tertiary alicyclic amines) is 1. The Labute approximate surface area is 98.0 Å². The van der Waals surface area contributed by atoms with Gasteiger partial charge in [0.1, 0.15) is 0 Å². The van der Waals surface area contributed by atoms with E-state index < -0.39 is 5.97 Å². The van der Waals surface area contributed by atoms with Crippen molar-refractivity contribution in [3.05, 3.63) is 0 Å².